The van der Waals surface area contributed by atoms with Crippen molar-refractivity contribution in [3.8, 4) is 0 Å². The number of nitrogens with zero attached hydrogens (tertiary/aromatic N) is 4. The monoisotopic (exact) mass is 350 g/mol. The molecule has 0 bridgehead atoms. The molecule has 1 amide bonds. The lowest BCUT2D eigenvalue weighted by molar-refractivity contribution is -0.131. The Labute approximate surface area is 144 Å². The van der Waals surface area contributed by atoms with Gasteiger partial charge in [-0.1, -0.05) is 35.1 Å². The molecule has 1 aromatic heterocycles. The quantitative estimate of drug-likeness (QED) is 0.850. The van der Waals surface area contributed by atoms with E-state index < -0.39 is 0 Å². The van der Waals surface area contributed by atoms with Crippen molar-refractivity contribution in [3.05, 3.63) is 39.9 Å². The summed E-state index contributed by atoms with van der Waals surface area (Å²) < 4.78 is 0. The van der Waals surface area contributed by atoms with E-state index in [9.17, 15) is 4.79 Å². The summed E-state index contributed by atoms with van der Waals surface area (Å²) in [4.78, 5) is 16.5. The van der Waals surface area contributed by atoms with Crippen LogP contribution in [0.4, 0.5) is 5.13 Å². The van der Waals surface area contributed by atoms with Crippen LogP contribution >= 0.6 is 22.9 Å². The largest absolute Gasteiger partial charge is 0.343 e. The molecule has 122 valence electrons. The average molecular weight is 351 g/mol. The summed E-state index contributed by atoms with van der Waals surface area (Å²) in [5.74, 6) is 0.216. The van der Waals surface area contributed by atoms with Crippen LogP contribution in [0.15, 0.2) is 24.3 Å². The number of hydrogen-bond donors (Lipinski definition) is 0. The van der Waals surface area contributed by atoms with Gasteiger partial charge in [0.05, 0.1) is 0 Å². The van der Waals surface area contributed by atoms with Crippen molar-refractivity contribution < 1.29 is 4.79 Å². The molecule has 5 nitrogen and oxygen atoms in total. The molecule has 7 heteroatoms. The van der Waals surface area contributed by atoms with E-state index in [0.29, 0.717) is 6.42 Å². The van der Waals surface area contributed by atoms with Gasteiger partial charge in [0.1, 0.15) is 5.01 Å². The van der Waals surface area contributed by atoms with E-state index in [2.05, 4.69) is 15.1 Å². The van der Waals surface area contributed by atoms with Gasteiger partial charge in [-0.3, -0.25) is 4.79 Å². The number of piperazine rings is 1. The van der Waals surface area contributed by atoms with E-state index in [-0.39, 0.29) is 5.91 Å². The van der Waals surface area contributed by atoms with Crippen LogP contribution in [0, 0.1) is 6.92 Å². The van der Waals surface area contributed by atoms with Gasteiger partial charge in [-0.25, -0.2) is 0 Å². The molecule has 0 spiro atoms. The third-order valence-corrected chi connectivity index (χ3v) is 5.11. The van der Waals surface area contributed by atoms with Gasteiger partial charge in [-0.15, -0.1) is 10.2 Å². The molecule has 0 radical (unpaired) electrons. The first kappa shape index (κ1) is 16.2. The predicted octanol–water partition coefficient (Wildman–Crippen LogP) is 2.78. The Morgan fingerprint density at radius 2 is 1.87 bits per heavy atom. The first-order valence-electron chi connectivity index (χ1n) is 7.69. The number of aromatic nitrogens is 2. The average Bonchev–Trinajstić information content (AvgIpc) is 3.01. The van der Waals surface area contributed by atoms with Crippen molar-refractivity contribution in [1.29, 1.82) is 0 Å². The number of benzene rings is 1. The lowest BCUT2D eigenvalue weighted by atomic mass is 10.1. The first-order valence-corrected chi connectivity index (χ1v) is 8.88. The van der Waals surface area contributed by atoms with Gasteiger partial charge >= 0.3 is 0 Å². The molecule has 1 saturated heterocycles. The molecule has 2 heterocycles. The molecule has 1 aromatic carbocycles. The molecule has 2 aromatic rings. The van der Waals surface area contributed by atoms with Crippen molar-refractivity contribution in [2.45, 2.75) is 19.8 Å². The maximum absolute atomic E-state index is 12.3. The minimum atomic E-state index is 0.216. The van der Waals surface area contributed by atoms with E-state index >= 15 is 0 Å². The molecular formula is C16H19ClN4OS. The van der Waals surface area contributed by atoms with Crippen molar-refractivity contribution in [1.82, 2.24) is 15.1 Å². The van der Waals surface area contributed by atoms with Gasteiger partial charge in [0.15, 0.2) is 0 Å². The second-order valence-corrected chi connectivity index (χ2v) is 7.19. The van der Waals surface area contributed by atoms with Crippen LogP contribution in [0.25, 0.3) is 0 Å². The topological polar surface area (TPSA) is 49.3 Å². The summed E-state index contributed by atoms with van der Waals surface area (Å²) in [5.41, 5.74) is 1.14. The van der Waals surface area contributed by atoms with Gasteiger partial charge < -0.3 is 9.80 Å². The molecule has 1 aliphatic rings. The van der Waals surface area contributed by atoms with Crippen LogP contribution in [-0.4, -0.2) is 47.2 Å². The second kappa shape index (κ2) is 7.27. The third kappa shape index (κ3) is 4.20. The van der Waals surface area contributed by atoms with Crippen LogP contribution in [0.5, 0.6) is 0 Å². The maximum Gasteiger partial charge on any atom is 0.223 e. The lowest BCUT2D eigenvalue weighted by Gasteiger charge is -2.34. The molecule has 0 atom stereocenters. The van der Waals surface area contributed by atoms with E-state index in [1.165, 1.54) is 0 Å². The minimum Gasteiger partial charge on any atom is -0.343 e. The fourth-order valence-electron chi connectivity index (χ4n) is 2.62. The molecule has 0 unspecified atom stereocenters. The number of anilines is 1. The Morgan fingerprint density at radius 1 is 1.17 bits per heavy atom. The van der Waals surface area contributed by atoms with E-state index in [4.69, 9.17) is 11.6 Å². The summed E-state index contributed by atoms with van der Waals surface area (Å²) in [6.45, 7) is 5.09. The fourth-order valence-corrected chi connectivity index (χ4v) is 3.49. The number of aryl methyl sites for hydroxylation is 2. The SMILES string of the molecule is Cc1nnc(N2CCN(C(=O)CCc3ccc(Cl)cc3)CC2)s1. The Bertz CT molecular complexity index is 665. The minimum absolute atomic E-state index is 0.216. The zero-order chi connectivity index (χ0) is 16.2. The molecule has 1 aliphatic heterocycles. The molecule has 0 aliphatic carbocycles. The molecular weight excluding hydrogens is 332 g/mol. The summed E-state index contributed by atoms with van der Waals surface area (Å²) in [6.07, 6.45) is 1.30. The number of carbonyl (C=O) groups is 1. The van der Waals surface area contributed by atoms with E-state index in [0.717, 1.165) is 53.3 Å². The van der Waals surface area contributed by atoms with Gasteiger partial charge in [0.25, 0.3) is 0 Å². The Balaban J connectivity index is 1.47. The van der Waals surface area contributed by atoms with Gasteiger partial charge in [-0.2, -0.15) is 0 Å². The van der Waals surface area contributed by atoms with Crippen molar-refractivity contribution in [2.75, 3.05) is 31.1 Å². The van der Waals surface area contributed by atoms with Gasteiger partial charge in [-0.05, 0) is 31.0 Å². The van der Waals surface area contributed by atoms with Crippen molar-refractivity contribution in [3.63, 3.8) is 0 Å². The third-order valence-electron chi connectivity index (χ3n) is 3.96. The Morgan fingerprint density at radius 3 is 2.48 bits per heavy atom. The fraction of sp³-hybridized carbons (Fsp3) is 0.438. The van der Waals surface area contributed by atoms with Crippen molar-refractivity contribution >= 4 is 34.0 Å². The highest BCUT2D eigenvalue weighted by Gasteiger charge is 2.22. The molecule has 0 N–H and O–H groups in total. The Kier molecular flexibility index (Phi) is 5.13. The zero-order valence-electron chi connectivity index (χ0n) is 13.0. The highest BCUT2D eigenvalue weighted by Crippen LogP contribution is 2.21. The van der Waals surface area contributed by atoms with Crippen LogP contribution in [0.2, 0.25) is 5.02 Å². The number of carbonyl (C=O) groups excluding carboxylic acids is 1. The number of halogens is 1. The van der Waals surface area contributed by atoms with Gasteiger partial charge in [0, 0.05) is 37.6 Å². The number of amides is 1. The van der Waals surface area contributed by atoms with Crippen LogP contribution in [-0.2, 0) is 11.2 Å². The van der Waals surface area contributed by atoms with Crippen LogP contribution in [0.1, 0.15) is 17.0 Å². The smallest absolute Gasteiger partial charge is 0.223 e. The predicted molar refractivity (Wildman–Crippen MR) is 93.2 cm³/mol. The summed E-state index contributed by atoms with van der Waals surface area (Å²) in [6, 6.07) is 7.69. The molecule has 23 heavy (non-hydrogen) atoms. The van der Waals surface area contributed by atoms with Crippen molar-refractivity contribution in [2.24, 2.45) is 0 Å². The number of rotatable bonds is 4. The number of hydrogen-bond acceptors (Lipinski definition) is 5. The highest BCUT2D eigenvalue weighted by molar-refractivity contribution is 7.15. The maximum atomic E-state index is 12.3. The Hall–Kier alpha value is -1.66. The summed E-state index contributed by atoms with van der Waals surface area (Å²) >= 11 is 7.48. The normalized spacial score (nSPS) is 15.0. The van der Waals surface area contributed by atoms with Gasteiger partial charge in [0.2, 0.25) is 11.0 Å². The van der Waals surface area contributed by atoms with Crippen LogP contribution in [0.3, 0.4) is 0 Å². The standard InChI is InChI=1S/C16H19ClN4OS/c1-12-18-19-16(23-12)21-10-8-20(9-11-21)15(22)7-4-13-2-5-14(17)6-3-13/h2-3,5-6H,4,7-11H2,1H3. The first-order chi connectivity index (χ1) is 11.1. The summed E-state index contributed by atoms with van der Waals surface area (Å²) in [7, 11) is 0. The summed E-state index contributed by atoms with van der Waals surface area (Å²) in [5, 5.41) is 10.9. The van der Waals surface area contributed by atoms with E-state index in [1.54, 1.807) is 11.3 Å². The lowest BCUT2D eigenvalue weighted by Crippen LogP contribution is -2.48. The van der Waals surface area contributed by atoms with Crippen LogP contribution < -0.4 is 4.90 Å². The second-order valence-electron chi connectivity index (χ2n) is 5.60. The molecule has 1 fully saturated rings. The molecule has 3 rings (SSSR count). The highest BCUT2D eigenvalue weighted by atomic mass is 35.5. The zero-order valence-corrected chi connectivity index (χ0v) is 14.6. The molecule has 0 saturated carbocycles. The van der Waals surface area contributed by atoms with E-state index in [1.807, 2.05) is 36.1 Å².